The van der Waals surface area contributed by atoms with E-state index in [2.05, 4.69) is 15.6 Å². The van der Waals surface area contributed by atoms with Crippen LogP contribution in [0.1, 0.15) is 44.1 Å². The average molecular weight is 713 g/mol. The van der Waals surface area contributed by atoms with Crippen LogP contribution in [0.3, 0.4) is 0 Å². The normalized spacial score (nSPS) is 18.6. The second-order valence-corrected chi connectivity index (χ2v) is 15.4. The molecule has 1 aliphatic carbocycles. The predicted molar refractivity (Wildman–Crippen MR) is 196 cm³/mol. The molecule has 0 unspecified atom stereocenters. The molecule has 7 rings (SSSR count). The van der Waals surface area contributed by atoms with Gasteiger partial charge >= 0.3 is 6.09 Å². The molecule has 0 spiro atoms. The second kappa shape index (κ2) is 15.2. The number of carbonyl (C=O) groups excluding carboxylic acids is 1. The summed E-state index contributed by atoms with van der Waals surface area (Å²) in [5.41, 5.74) is 2.65. The Kier molecular flexibility index (Phi) is 10.3. The van der Waals surface area contributed by atoms with E-state index in [-0.39, 0.29) is 17.0 Å². The predicted octanol–water partition coefficient (Wildman–Crippen LogP) is 7.35. The van der Waals surface area contributed by atoms with E-state index in [1.54, 1.807) is 48.8 Å². The van der Waals surface area contributed by atoms with E-state index >= 15 is 0 Å². The van der Waals surface area contributed by atoms with E-state index in [1.807, 2.05) is 53.4 Å². The van der Waals surface area contributed by atoms with Crippen molar-refractivity contribution in [3.63, 3.8) is 0 Å². The average Bonchev–Trinajstić information content (AvgIpc) is 3.56. The van der Waals surface area contributed by atoms with Gasteiger partial charge in [0.2, 0.25) is 5.95 Å². The van der Waals surface area contributed by atoms with E-state index in [0.717, 1.165) is 56.0 Å². The molecule has 2 fully saturated rings. The van der Waals surface area contributed by atoms with Gasteiger partial charge in [-0.25, -0.2) is 27.2 Å². The van der Waals surface area contributed by atoms with E-state index < -0.39 is 10.0 Å². The topological polar surface area (TPSA) is 118 Å². The first-order valence-corrected chi connectivity index (χ1v) is 19.1. The number of hydrogen-bond donors (Lipinski definition) is 2. The maximum atomic E-state index is 13.6. The Morgan fingerprint density at radius 3 is 2.28 bits per heavy atom. The number of ether oxygens (including phenoxy) is 1. The highest BCUT2D eigenvalue weighted by Gasteiger charge is 2.27. The lowest BCUT2D eigenvalue weighted by atomic mass is 9.85. The Morgan fingerprint density at radius 2 is 1.54 bits per heavy atom. The van der Waals surface area contributed by atoms with Gasteiger partial charge in [0.1, 0.15) is 6.61 Å². The number of benzene rings is 3. The van der Waals surface area contributed by atoms with Crippen molar-refractivity contribution in [2.75, 3.05) is 25.0 Å². The lowest BCUT2D eigenvalue weighted by Gasteiger charge is -2.34. The first-order chi connectivity index (χ1) is 24.3. The van der Waals surface area contributed by atoms with Crippen molar-refractivity contribution in [1.82, 2.24) is 24.2 Å². The molecule has 0 bridgehead atoms. The van der Waals surface area contributed by atoms with Gasteiger partial charge in [-0.15, -0.1) is 0 Å². The number of likely N-dealkylation sites (tertiary alicyclic amines) is 1. The van der Waals surface area contributed by atoms with Crippen LogP contribution in [0.4, 0.5) is 10.7 Å². The summed E-state index contributed by atoms with van der Waals surface area (Å²) in [6.45, 7) is 2.67. The van der Waals surface area contributed by atoms with E-state index in [9.17, 15) is 13.2 Å². The third-order valence-corrected chi connectivity index (χ3v) is 11.8. The van der Waals surface area contributed by atoms with E-state index in [0.29, 0.717) is 59.4 Å². The number of anilines is 1. The monoisotopic (exact) mass is 712 g/mol. The second-order valence-electron chi connectivity index (χ2n) is 13.1. The van der Waals surface area contributed by atoms with Crippen LogP contribution in [-0.2, 0) is 21.4 Å². The number of piperidine rings is 1. The molecule has 5 aromatic rings. The zero-order chi connectivity index (χ0) is 34.5. The van der Waals surface area contributed by atoms with Gasteiger partial charge in [-0.05, 0) is 74.8 Å². The number of rotatable bonds is 10. The smallest absolute Gasteiger partial charge is 0.410 e. The van der Waals surface area contributed by atoms with E-state index in [1.165, 1.54) is 3.97 Å². The van der Waals surface area contributed by atoms with Crippen molar-refractivity contribution in [2.45, 2.75) is 62.1 Å². The number of carbonyl (C=O) groups is 1. The fourth-order valence-electron chi connectivity index (χ4n) is 6.97. The van der Waals surface area contributed by atoms with Crippen LogP contribution >= 0.6 is 11.6 Å². The summed E-state index contributed by atoms with van der Waals surface area (Å²) in [5.74, 6) is 1.06. The van der Waals surface area contributed by atoms with Crippen molar-refractivity contribution < 1.29 is 17.9 Å². The fraction of sp³-hybridized carbons (Fsp3) is 0.342. The molecule has 1 saturated carbocycles. The van der Waals surface area contributed by atoms with Gasteiger partial charge in [0, 0.05) is 42.3 Å². The number of nitrogens with zero attached hydrogens (tertiary/aromatic N) is 4. The zero-order valence-electron chi connectivity index (χ0n) is 27.7. The molecule has 50 heavy (non-hydrogen) atoms. The van der Waals surface area contributed by atoms with Gasteiger partial charge in [0.25, 0.3) is 10.0 Å². The maximum Gasteiger partial charge on any atom is 0.410 e. The van der Waals surface area contributed by atoms with Crippen molar-refractivity contribution >= 4 is 44.6 Å². The molecule has 2 aliphatic rings. The Bertz CT molecular complexity index is 2030. The molecule has 3 aromatic carbocycles. The molecule has 1 saturated heterocycles. The van der Waals surface area contributed by atoms with Crippen molar-refractivity contribution in [1.29, 1.82) is 0 Å². The highest BCUT2D eigenvalue weighted by Crippen LogP contribution is 2.36. The minimum atomic E-state index is -3.84. The van der Waals surface area contributed by atoms with Crippen LogP contribution in [0.25, 0.3) is 22.2 Å². The molecule has 12 heteroatoms. The standard InChI is InChI=1S/C38H41ClN6O4S/c39-34-24-41-37(43-36(34)33-25-45(35-14-8-7-13-32(33)35)50(47,48)31-11-5-2-6-12-31)42-30-17-15-27(16-18-30)23-40-29-19-21-44(22-20-29)38(46)49-26-28-9-3-1-4-10-28/h1-14,24-25,27,29-30,40H,15-23,26H2,(H,41,42,43). The molecule has 1 amide bonds. The quantitative estimate of drug-likeness (QED) is 0.154. The molecular weight excluding hydrogens is 672 g/mol. The van der Waals surface area contributed by atoms with Gasteiger partial charge in [-0.1, -0.05) is 78.3 Å². The highest BCUT2D eigenvalue weighted by atomic mass is 35.5. The number of hydrogen-bond acceptors (Lipinski definition) is 8. The fourth-order valence-corrected chi connectivity index (χ4v) is 8.56. The summed E-state index contributed by atoms with van der Waals surface area (Å²) in [5, 5.41) is 8.36. The minimum absolute atomic E-state index is 0.205. The van der Waals surface area contributed by atoms with Crippen LogP contribution in [0.2, 0.25) is 5.02 Å². The van der Waals surface area contributed by atoms with Crippen LogP contribution in [0.5, 0.6) is 0 Å². The van der Waals surface area contributed by atoms with E-state index in [4.69, 9.17) is 21.3 Å². The summed E-state index contributed by atoms with van der Waals surface area (Å²) in [7, 11) is -3.84. The molecule has 0 radical (unpaired) electrons. The largest absolute Gasteiger partial charge is 0.445 e. The van der Waals surface area contributed by atoms with Crippen molar-refractivity contribution in [3.05, 3.63) is 108 Å². The third kappa shape index (κ3) is 7.65. The molecule has 1 aliphatic heterocycles. The molecular formula is C38H41ClN6O4S. The Hall–Kier alpha value is -4.45. The zero-order valence-corrected chi connectivity index (χ0v) is 29.3. The summed E-state index contributed by atoms with van der Waals surface area (Å²) in [6, 6.07) is 26.1. The van der Waals surface area contributed by atoms with Gasteiger partial charge in [0.15, 0.2) is 0 Å². The summed E-state index contributed by atoms with van der Waals surface area (Å²) in [4.78, 5) is 23.8. The first kappa shape index (κ1) is 34.0. The van der Waals surface area contributed by atoms with Crippen LogP contribution in [0, 0.1) is 5.92 Å². The maximum absolute atomic E-state index is 13.6. The third-order valence-electron chi connectivity index (χ3n) is 9.81. The number of para-hydroxylation sites is 1. The molecule has 10 nitrogen and oxygen atoms in total. The van der Waals surface area contributed by atoms with Gasteiger partial charge in [0.05, 0.1) is 27.3 Å². The number of aromatic nitrogens is 3. The van der Waals surface area contributed by atoms with Crippen LogP contribution < -0.4 is 10.6 Å². The van der Waals surface area contributed by atoms with Gasteiger partial charge < -0.3 is 20.3 Å². The minimum Gasteiger partial charge on any atom is -0.445 e. The van der Waals surface area contributed by atoms with Crippen LogP contribution in [0.15, 0.2) is 102 Å². The molecule has 0 atom stereocenters. The summed E-state index contributed by atoms with van der Waals surface area (Å²) < 4.78 is 34.1. The van der Waals surface area contributed by atoms with Crippen LogP contribution in [-0.4, -0.2) is 65.1 Å². The molecule has 260 valence electrons. The molecule has 2 N–H and O–H groups in total. The Balaban J connectivity index is 0.920. The number of amides is 1. The SMILES string of the molecule is O=C(OCc1ccccc1)N1CCC(NCC2CCC(Nc3ncc(Cl)c(-c4cn(S(=O)(=O)c5ccccc5)c5ccccc45)n3)CC2)CC1. The molecule has 3 heterocycles. The Labute approximate surface area is 297 Å². The number of nitrogens with one attached hydrogen (secondary N) is 2. The lowest BCUT2D eigenvalue weighted by molar-refractivity contribution is 0.0848. The first-order valence-electron chi connectivity index (χ1n) is 17.2. The van der Waals surface area contributed by atoms with Gasteiger partial charge in [-0.3, -0.25) is 0 Å². The van der Waals surface area contributed by atoms with Gasteiger partial charge in [-0.2, -0.15) is 0 Å². The highest BCUT2D eigenvalue weighted by molar-refractivity contribution is 7.90. The number of fused-ring (bicyclic) bond motifs is 1. The number of halogens is 1. The van der Waals surface area contributed by atoms with Crippen molar-refractivity contribution in [2.24, 2.45) is 5.92 Å². The molecule has 2 aromatic heterocycles. The summed E-state index contributed by atoms with van der Waals surface area (Å²) in [6.07, 6.45) is 8.94. The van der Waals surface area contributed by atoms with Crippen molar-refractivity contribution in [3.8, 4) is 11.3 Å². The lowest BCUT2D eigenvalue weighted by Crippen LogP contribution is -2.46. The Morgan fingerprint density at radius 1 is 0.860 bits per heavy atom. The summed E-state index contributed by atoms with van der Waals surface area (Å²) >= 11 is 6.65.